The molecule has 0 spiro atoms. The summed E-state index contributed by atoms with van der Waals surface area (Å²) in [7, 11) is 1.65. The summed E-state index contributed by atoms with van der Waals surface area (Å²) in [6.45, 7) is 5.07. The van der Waals surface area contributed by atoms with Crippen LogP contribution in [0.3, 0.4) is 0 Å². The van der Waals surface area contributed by atoms with Crippen LogP contribution < -0.4 is 10.1 Å². The normalized spacial score (nSPS) is 22.5. The number of carbonyl (C=O) groups is 1. The molecule has 3 nitrogen and oxygen atoms in total. The Kier molecular flexibility index (Phi) is 4.25. The molecule has 0 bridgehead atoms. The van der Waals surface area contributed by atoms with Gasteiger partial charge in [0, 0.05) is 12.0 Å². The van der Waals surface area contributed by atoms with Gasteiger partial charge in [-0.15, -0.1) is 0 Å². The minimum absolute atomic E-state index is 0.288. The summed E-state index contributed by atoms with van der Waals surface area (Å²) in [5.41, 5.74) is 1.84. The van der Waals surface area contributed by atoms with E-state index in [0.29, 0.717) is 6.42 Å². The number of hydrogen-bond donors (Lipinski definition) is 1. The number of ether oxygens (including phenoxy) is 1. The van der Waals surface area contributed by atoms with Crippen LogP contribution in [0.25, 0.3) is 0 Å². The van der Waals surface area contributed by atoms with Crippen molar-refractivity contribution < 1.29 is 9.53 Å². The van der Waals surface area contributed by atoms with Gasteiger partial charge in [0.05, 0.1) is 12.6 Å². The molecule has 19 heavy (non-hydrogen) atoms. The molecule has 1 atom stereocenters. The Morgan fingerprint density at radius 2 is 2.26 bits per heavy atom. The van der Waals surface area contributed by atoms with Crippen LogP contribution in [0.15, 0.2) is 18.2 Å². The number of Topliss-reactive ketones (excluding diaryl/α,β-unsaturated/α-hetero) is 1. The first-order chi connectivity index (χ1) is 9.11. The number of hydrogen-bond acceptors (Lipinski definition) is 3. The van der Waals surface area contributed by atoms with E-state index in [1.54, 1.807) is 7.11 Å². The lowest BCUT2D eigenvalue weighted by Crippen LogP contribution is -2.47. The summed E-state index contributed by atoms with van der Waals surface area (Å²) < 4.78 is 5.36. The van der Waals surface area contributed by atoms with Gasteiger partial charge in [0.15, 0.2) is 5.78 Å². The van der Waals surface area contributed by atoms with Crippen LogP contribution in [-0.4, -0.2) is 25.0 Å². The predicted octanol–water partition coefficient (Wildman–Crippen LogP) is 2.65. The van der Waals surface area contributed by atoms with Crippen LogP contribution in [0.2, 0.25) is 0 Å². The first-order valence-corrected chi connectivity index (χ1v) is 7.03. The van der Waals surface area contributed by atoms with Crippen molar-refractivity contribution in [3.05, 3.63) is 29.3 Å². The average Bonchev–Trinajstić information content (AvgIpc) is 2.89. The van der Waals surface area contributed by atoms with Gasteiger partial charge < -0.3 is 10.1 Å². The van der Waals surface area contributed by atoms with Crippen LogP contribution in [0.5, 0.6) is 5.75 Å². The Morgan fingerprint density at radius 3 is 2.84 bits per heavy atom. The van der Waals surface area contributed by atoms with Crippen molar-refractivity contribution in [2.75, 3.05) is 13.7 Å². The average molecular weight is 261 g/mol. The lowest BCUT2D eigenvalue weighted by Gasteiger charge is -2.26. The molecule has 3 heteroatoms. The summed E-state index contributed by atoms with van der Waals surface area (Å²) in [5, 5.41) is 3.40. The monoisotopic (exact) mass is 261 g/mol. The molecule has 1 aromatic rings. The fourth-order valence-corrected chi connectivity index (χ4v) is 2.93. The zero-order valence-electron chi connectivity index (χ0n) is 12.1. The highest BCUT2D eigenvalue weighted by atomic mass is 16.5. The molecule has 1 saturated heterocycles. The Bertz CT molecular complexity index is 462. The van der Waals surface area contributed by atoms with Crippen molar-refractivity contribution in [1.29, 1.82) is 0 Å². The Morgan fingerprint density at radius 1 is 1.47 bits per heavy atom. The van der Waals surface area contributed by atoms with Crippen molar-refractivity contribution in [2.24, 2.45) is 0 Å². The number of rotatable bonds is 5. The van der Waals surface area contributed by atoms with E-state index >= 15 is 0 Å². The van der Waals surface area contributed by atoms with E-state index in [4.69, 9.17) is 4.74 Å². The first-order valence-electron chi connectivity index (χ1n) is 7.03. The third-order valence-corrected chi connectivity index (χ3v) is 4.17. The molecule has 104 valence electrons. The molecule has 1 aliphatic rings. The maximum atomic E-state index is 12.6. The maximum Gasteiger partial charge on any atom is 0.157 e. The summed E-state index contributed by atoms with van der Waals surface area (Å²) >= 11 is 0. The van der Waals surface area contributed by atoms with Gasteiger partial charge in [-0.2, -0.15) is 0 Å². The third-order valence-electron chi connectivity index (χ3n) is 4.17. The van der Waals surface area contributed by atoms with E-state index in [9.17, 15) is 4.79 Å². The second-order valence-electron chi connectivity index (χ2n) is 5.38. The van der Waals surface area contributed by atoms with Gasteiger partial charge >= 0.3 is 0 Å². The van der Waals surface area contributed by atoms with Gasteiger partial charge in [0.1, 0.15) is 5.75 Å². The number of aryl methyl sites for hydroxylation is 1. The van der Waals surface area contributed by atoms with Gasteiger partial charge in [-0.25, -0.2) is 0 Å². The molecule has 0 aromatic heterocycles. The third kappa shape index (κ3) is 2.81. The van der Waals surface area contributed by atoms with Crippen molar-refractivity contribution in [3.8, 4) is 5.75 Å². The molecule has 0 amide bonds. The van der Waals surface area contributed by atoms with E-state index in [-0.39, 0.29) is 11.3 Å². The van der Waals surface area contributed by atoms with E-state index < -0.39 is 0 Å². The molecule has 2 rings (SSSR count). The van der Waals surface area contributed by atoms with Crippen molar-refractivity contribution >= 4 is 5.78 Å². The fraction of sp³-hybridized carbons (Fsp3) is 0.562. The first kappa shape index (κ1) is 14.1. The summed E-state index contributed by atoms with van der Waals surface area (Å²) in [6, 6.07) is 6.00. The minimum atomic E-state index is -0.311. The zero-order valence-corrected chi connectivity index (χ0v) is 12.1. The van der Waals surface area contributed by atoms with Gasteiger partial charge in [0.2, 0.25) is 0 Å². The molecule has 0 aliphatic carbocycles. The van der Waals surface area contributed by atoms with Gasteiger partial charge in [-0.1, -0.05) is 24.6 Å². The van der Waals surface area contributed by atoms with Crippen LogP contribution in [-0.2, 0) is 11.2 Å². The van der Waals surface area contributed by atoms with Crippen LogP contribution in [0, 0.1) is 6.92 Å². The molecule has 0 radical (unpaired) electrons. The maximum absolute atomic E-state index is 12.6. The Hall–Kier alpha value is -1.35. The molecule has 1 aromatic carbocycles. The molecule has 1 N–H and O–H groups in total. The van der Waals surface area contributed by atoms with E-state index in [0.717, 1.165) is 42.7 Å². The smallest absolute Gasteiger partial charge is 0.157 e. The fourth-order valence-electron chi connectivity index (χ4n) is 2.93. The number of nitrogens with one attached hydrogen (secondary N) is 1. The number of ketones is 1. The van der Waals surface area contributed by atoms with Crippen LogP contribution >= 0.6 is 0 Å². The second-order valence-corrected chi connectivity index (χ2v) is 5.38. The lowest BCUT2D eigenvalue weighted by molar-refractivity contribution is -0.124. The lowest BCUT2D eigenvalue weighted by atomic mass is 9.85. The topological polar surface area (TPSA) is 38.3 Å². The summed E-state index contributed by atoms with van der Waals surface area (Å²) in [4.78, 5) is 12.6. The van der Waals surface area contributed by atoms with Crippen molar-refractivity contribution in [1.82, 2.24) is 5.32 Å². The van der Waals surface area contributed by atoms with Crippen LogP contribution in [0.1, 0.15) is 37.3 Å². The van der Waals surface area contributed by atoms with E-state index in [1.165, 1.54) is 0 Å². The van der Waals surface area contributed by atoms with E-state index in [1.807, 2.05) is 19.1 Å². The summed E-state index contributed by atoms with van der Waals surface area (Å²) in [6.07, 6.45) is 3.35. The molecule has 1 unspecified atom stereocenters. The standard InChI is InChI=1S/C16H23NO2/c1-4-16(8-5-9-17-16)15(18)11-13-10-12(2)6-7-14(13)19-3/h6-7,10,17H,4-5,8-9,11H2,1-3H3. The van der Waals surface area contributed by atoms with Gasteiger partial charge in [0.25, 0.3) is 0 Å². The highest BCUT2D eigenvalue weighted by Crippen LogP contribution is 2.28. The quantitative estimate of drug-likeness (QED) is 0.885. The van der Waals surface area contributed by atoms with Crippen LogP contribution in [0.4, 0.5) is 0 Å². The molecule has 1 heterocycles. The number of benzene rings is 1. The number of carbonyl (C=O) groups excluding carboxylic acids is 1. The minimum Gasteiger partial charge on any atom is -0.496 e. The molecule has 0 saturated carbocycles. The molecular formula is C16H23NO2. The predicted molar refractivity (Wildman–Crippen MR) is 76.7 cm³/mol. The zero-order chi connectivity index (χ0) is 13.9. The number of methoxy groups -OCH3 is 1. The van der Waals surface area contributed by atoms with Crippen molar-refractivity contribution in [3.63, 3.8) is 0 Å². The van der Waals surface area contributed by atoms with Crippen molar-refractivity contribution in [2.45, 2.75) is 45.1 Å². The second kappa shape index (κ2) is 5.74. The van der Waals surface area contributed by atoms with Gasteiger partial charge in [-0.05, 0) is 38.8 Å². The largest absolute Gasteiger partial charge is 0.496 e. The Balaban J connectivity index is 2.20. The summed E-state index contributed by atoms with van der Waals surface area (Å²) in [5.74, 6) is 1.10. The van der Waals surface area contributed by atoms with E-state index in [2.05, 4.69) is 18.3 Å². The SMILES string of the molecule is CCC1(C(=O)Cc2cc(C)ccc2OC)CCCN1. The van der Waals surface area contributed by atoms with Gasteiger partial charge in [-0.3, -0.25) is 4.79 Å². The Labute approximate surface area is 115 Å². The molecule has 1 aliphatic heterocycles. The molecule has 1 fully saturated rings. The highest BCUT2D eigenvalue weighted by Gasteiger charge is 2.38. The molecular weight excluding hydrogens is 238 g/mol. The highest BCUT2D eigenvalue weighted by molar-refractivity contribution is 5.91.